The minimum atomic E-state index is -0.646. The zero-order chi connectivity index (χ0) is 22.1. The van der Waals surface area contributed by atoms with Crippen molar-refractivity contribution in [2.45, 2.75) is 65.7 Å². The molecule has 0 radical (unpaired) electrons. The molecule has 1 aliphatic carbocycles. The van der Waals surface area contributed by atoms with E-state index in [0.29, 0.717) is 40.8 Å². The summed E-state index contributed by atoms with van der Waals surface area (Å²) < 4.78 is 5.60. The molecule has 1 aromatic rings. The molecule has 1 unspecified atom stereocenters. The molecular formula is C24H29Cl2NO3. The molecule has 2 atom stereocenters. The molecular weight excluding hydrogens is 421 g/mol. The number of carbonyl (C=O) groups is 2. The number of rotatable bonds is 6. The molecule has 6 heteroatoms. The zero-order valence-corrected chi connectivity index (χ0v) is 19.6. The third kappa shape index (κ3) is 4.81. The molecule has 1 heterocycles. The number of ether oxygens (including phenoxy) is 1. The Hall–Kier alpha value is -1.65. The standard InChI is InChI=1S/C24H29Cl2NO3/c1-5-6-7-10-30-23(29)20-14(2)27-18-12-24(3,4)13-19(28)22(18)21(20)15-8-9-16(25)17(26)11-15/h8-9,11,20-21H,5-7,10,12-13H2,1-4H3/t20?,21-/m0/s1. The lowest BCUT2D eigenvalue weighted by atomic mass is 9.67. The van der Waals surface area contributed by atoms with Crippen LogP contribution in [0.1, 0.15) is 71.3 Å². The lowest BCUT2D eigenvalue weighted by Crippen LogP contribution is -2.39. The van der Waals surface area contributed by atoms with Gasteiger partial charge in [0.15, 0.2) is 5.78 Å². The summed E-state index contributed by atoms with van der Waals surface area (Å²) in [5.41, 5.74) is 2.70. The number of hydrogen-bond acceptors (Lipinski definition) is 4. The summed E-state index contributed by atoms with van der Waals surface area (Å²) in [5, 5.41) is 0.834. The number of nitrogens with zero attached hydrogens (tertiary/aromatic N) is 1. The first-order valence-corrected chi connectivity index (χ1v) is 11.3. The van der Waals surface area contributed by atoms with E-state index in [1.54, 1.807) is 12.1 Å². The van der Waals surface area contributed by atoms with Gasteiger partial charge in [0.1, 0.15) is 5.92 Å². The number of benzene rings is 1. The molecule has 0 aromatic heterocycles. The Kier molecular flexibility index (Phi) is 7.09. The Balaban J connectivity index is 2.04. The smallest absolute Gasteiger partial charge is 0.315 e. The van der Waals surface area contributed by atoms with Crippen LogP contribution in [0.2, 0.25) is 10.0 Å². The predicted molar refractivity (Wildman–Crippen MR) is 121 cm³/mol. The lowest BCUT2D eigenvalue weighted by Gasteiger charge is -2.39. The maximum Gasteiger partial charge on any atom is 0.315 e. The maximum absolute atomic E-state index is 13.2. The van der Waals surface area contributed by atoms with Crippen molar-refractivity contribution >= 4 is 40.7 Å². The van der Waals surface area contributed by atoms with Crippen molar-refractivity contribution in [2.24, 2.45) is 16.3 Å². The van der Waals surface area contributed by atoms with Crippen LogP contribution in [0.4, 0.5) is 0 Å². The van der Waals surface area contributed by atoms with E-state index in [1.165, 1.54) is 0 Å². The van der Waals surface area contributed by atoms with Crippen LogP contribution in [0.3, 0.4) is 0 Å². The van der Waals surface area contributed by atoms with Crippen molar-refractivity contribution in [3.05, 3.63) is 45.1 Å². The molecule has 30 heavy (non-hydrogen) atoms. The molecule has 3 rings (SSSR count). The Morgan fingerprint density at radius 2 is 1.93 bits per heavy atom. The van der Waals surface area contributed by atoms with Gasteiger partial charge in [-0.15, -0.1) is 0 Å². The van der Waals surface area contributed by atoms with Crippen molar-refractivity contribution in [3.63, 3.8) is 0 Å². The fraction of sp³-hybridized carbons (Fsp3) is 0.542. The average Bonchev–Trinajstić information content (AvgIpc) is 2.65. The molecule has 162 valence electrons. The minimum absolute atomic E-state index is 0.0392. The third-order valence-electron chi connectivity index (χ3n) is 5.85. The number of aliphatic imine (C=N–C) groups is 1. The highest BCUT2D eigenvalue weighted by atomic mass is 35.5. The fourth-order valence-corrected chi connectivity index (χ4v) is 4.74. The average molecular weight is 450 g/mol. The Morgan fingerprint density at radius 3 is 2.60 bits per heavy atom. The molecule has 0 amide bonds. The van der Waals surface area contributed by atoms with Gasteiger partial charge in [0.2, 0.25) is 0 Å². The highest BCUT2D eigenvalue weighted by Crippen LogP contribution is 2.48. The number of esters is 1. The Bertz CT molecular complexity index is 917. The predicted octanol–water partition coefficient (Wildman–Crippen LogP) is 6.54. The maximum atomic E-state index is 13.2. The van der Waals surface area contributed by atoms with E-state index in [2.05, 4.69) is 20.8 Å². The summed E-state index contributed by atoms with van der Waals surface area (Å²) in [6, 6.07) is 5.30. The van der Waals surface area contributed by atoms with Gasteiger partial charge in [0, 0.05) is 29.3 Å². The van der Waals surface area contributed by atoms with E-state index < -0.39 is 11.8 Å². The van der Waals surface area contributed by atoms with Crippen LogP contribution in [0.25, 0.3) is 0 Å². The van der Waals surface area contributed by atoms with Crippen molar-refractivity contribution in [1.29, 1.82) is 0 Å². The van der Waals surface area contributed by atoms with Crippen LogP contribution in [-0.4, -0.2) is 24.1 Å². The largest absolute Gasteiger partial charge is 0.465 e. The van der Waals surface area contributed by atoms with Gasteiger partial charge in [-0.1, -0.05) is 62.9 Å². The van der Waals surface area contributed by atoms with Crippen LogP contribution >= 0.6 is 23.2 Å². The van der Waals surface area contributed by atoms with Gasteiger partial charge < -0.3 is 4.74 Å². The number of Topliss-reactive ketones (excluding diaryl/α,β-unsaturated/α-hetero) is 1. The van der Waals surface area contributed by atoms with Gasteiger partial charge in [-0.2, -0.15) is 0 Å². The van der Waals surface area contributed by atoms with Crippen LogP contribution < -0.4 is 0 Å². The summed E-state index contributed by atoms with van der Waals surface area (Å²) in [5.74, 6) is -1.41. The molecule has 2 aliphatic rings. The first-order chi connectivity index (χ1) is 14.1. The Morgan fingerprint density at radius 1 is 1.20 bits per heavy atom. The van der Waals surface area contributed by atoms with Crippen molar-refractivity contribution in [1.82, 2.24) is 0 Å². The number of hydrogen-bond donors (Lipinski definition) is 0. The molecule has 4 nitrogen and oxygen atoms in total. The summed E-state index contributed by atoms with van der Waals surface area (Å²) in [6.07, 6.45) is 4.00. The summed E-state index contributed by atoms with van der Waals surface area (Å²) in [6.45, 7) is 8.46. The number of unbranched alkanes of at least 4 members (excludes halogenated alkanes) is 2. The van der Waals surface area contributed by atoms with Gasteiger partial charge in [-0.25, -0.2) is 0 Å². The molecule has 0 N–H and O–H groups in total. The number of halogens is 2. The van der Waals surface area contributed by atoms with Gasteiger partial charge in [-0.3, -0.25) is 14.6 Å². The number of carbonyl (C=O) groups excluding carboxylic acids is 2. The van der Waals surface area contributed by atoms with E-state index in [-0.39, 0.29) is 17.2 Å². The Labute approximate surface area is 188 Å². The van der Waals surface area contributed by atoms with Crippen LogP contribution in [0.5, 0.6) is 0 Å². The van der Waals surface area contributed by atoms with Gasteiger partial charge in [-0.05, 0) is 42.9 Å². The zero-order valence-electron chi connectivity index (χ0n) is 18.1. The number of ketones is 1. The molecule has 0 saturated heterocycles. The monoisotopic (exact) mass is 449 g/mol. The second-order valence-electron chi connectivity index (χ2n) is 9.06. The molecule has 0 spiro atoms. The second-order valence-corrected chi connectivity index (χ2v) is 9.87. The molecule has 1 aromatic carbocycles. The second kappa shape index (κ2) is 9.23. The lowest BCUT2D eigenvalue weighted by molar-refractivity contribution is -0.146. The topological polar surface area (TPSA) is 55.7 Å². The molecule has 1 aliphatic heterocycles. The summed E-state index contributed by atoms with van der Waals surface area (Å²) in [7, 11) is 0. The molecule has 0 fully saturated rings. The van der Waals surface area contributed by atoms with E-state index >= 15 is 0 Å². The van der Waals surface area contributed by atoms with Crippen molar-refractivity contribution in [3.8, 4) is 0 Å². The minimum Gasteiger partial charge on any atom is -0.465 e. The molecule has 0 bridgehead atoms. The van der Waals surface area contributed by atoms with Gasteiger partial charge in [0.25, 0.3) is 0 Å². The van der Waals surface area contributed by atoms with Crippen LogP contribution in [-0.2, 0) is 14.3 Å². The van der Waals surface area contributed by atoms with E-state index in [9.17, 15) is 9.59 Å². The van der Waals surface area contributed by atoms with E-state index in [0.717, 1.165) is 30.5 Å². The first kappa shape index (κ1) is 23.0. The quantitative estimate of drug-likeness (QED) is 0.365. The van der Waals surface area contributed by atoms with Crippen molar-refractivity contribution < 1.29 is 14.3 Å². The molecule has 0 saturated carbocycles. The van der Waals surface area contributed by atoms with E-state index in [4.69, 9.17) is 32.9 Å². The third-order valence-corrected chi connectivity index (χ3v) is 6.59. The van der Waals surface area contributed by atoms with Gasteiger partial charge >= 0.3 is 5.97 Å². The SMILES string of the molecule is CCCCCOC(=O)C1C(C)=NC2=C(C(=O)CC(C)(C)C2)[C@H]1c1ccc(Cl)c(Cl)c1. The van der Waals surface area contributed by atoms with Crippen LogP contribution in [0, 0.1) is 11.3 Å². The highest BCUT2D eigenvalue weighted by molar-refractivity contribution is 6.42. The van der Waals surface area contributed by atoms with Gasteiger partial charge in [0.05, 0.1) is 16.7 Å². The van der Waals surface area contributed by atoms with Crippen LogP contribution in [0.15, 0.2) is 34.5 Å². The van der Waals surface area contributed by atoms with Crippen molar-refractivity contribution in [2.75, 3.05) is 6.61 Å². The summed E-state index contributed by atoms with van der Waals surface area (Å²) >= 11 is 12.4. The normalized spacial score (nSPS) is 23.1. The first-order valence-electron chi connectivity index (χ1n) is 10.6. The summed E-state index contributed by atoms with van der Waals surface area (Å²) in [4.78, 5) is 31.1. The van der Waals surface area contributed by atoms with E-state index in [1.807, 2.05) is 13.0 Å². The fourth-order valence-electron chi connectivity index (χ4n) is 4.43. The highest BCUT2D eigenvalue weighted by Gasteiger charge is 2.46. The number of allylic oxidation sites excluding steroid dienone is 2.